The summed E-state index contributed by atoms with van der Waals surface area (Å²) in [6, 6.07) is 8.27. The van der Waals surface area contributed by atoms with Crippen molar-refractivity contribution < 1.29 is 29.1 Å². The van der Waals surface area contributed by atoms with E-state index in [2.05, 4.69) is 4.98 Å². The molecule has 1 unspecified atom stereocenters. The zero-order valence-corrected chi connectivity index (χ0v) is 17.3. The van der Waals surface area contributed by atoms with E-state index in [1.165, 1.54) is 5.06 Å². The van der Waals surface area contributed by atoms with Gasteiger partial charge in [0.25, 0.3) is 0 Å². The Hall–Kier alpha value is -3.39. The van der Waals surface area contributed by atoms with Crippen LogP contribution in [0.15, 0.2) is 41.7 Å². The summed E-state index contributed by atoms with van der Waals surface area (Å²) in [5.74, 6) is -1.69. The molecule has 1 aromatic heterocycles. The minimum Gasteiger partial charge on any atom is -0.478 e. The molecular weight excluding hydrogens is 388 g/mol. The Morgan fingerprint density at radius 2 is 1.83 bits per heavy atom. The molecule has 8 nitrogen and oxygen atoms in total. The van der Waals surface area contributed by atoms with Crippen molar-refractivity contribution in [2.24, 2.45) is 0 Å². The van der Waals surface area contributed by atoms with E-state index in [9.17, 15) is 19.5 Å². The molecular formula is C22H24N2O6. The van der Waals surface area contributed by atoms with Crippen LogP contribution in [0.1, 0.15) is 57.6 Å². The fourth-order valence-electron chi connectivity index (χ4n) is 3.73. The molecule has 0 saturated carbocycles. The van der Waals surface area contributed by atoms with Crippen LogP contribution >= 0.6 is 0 Å². The van der Waals surface area contributed by atoms with E-state index < -0.39 is 18.0 Å². The highest BCUT2D eigenvalue weighted by atomic mass is 16.7. The topological polar surface area (TPSA) is 109 Å². The fourth-order valence-corrected chi connectivity index (χ4v) is 3.73. The van der Waals surface area contributed by atoms with Gasteiger partial charge in [0.1, 0.15) is 23.9 Å². The zero-order chi connectivity index (χ0) is 22.0. The summed E-state index contributed by atoms with van der Waals surface area (Å²) in [5, 5.41) is 11.0. The largest absolute Gasteiger partial charge is 0.478 e. The summed E-state index contributed by atoms with van der Waals surface area (Å²) in [6.45, 7) is 6.68. The van der Waals surface area contributed by atoms with Crippen molar-refractivity contribution >= 4 is 17.7 Å². The molecule has 0 spiro atoms. The number of rotatable bonds is 7. The lowest BCUT2D eigenvalue weighted by Gasteiger charge is -2.23. The number of allylic oxidation sites excluding steroid dienone is 1. The summed E-state index contributed by atoms with van der Waals surface area (Å²) in [7, 11) is 0. The number of ketones is 1. The predicted octanol–water partition coefficient (Wildman–Crippen LogP) is 3.34. The number of hydrogen-bond acceptors (Lipinski definition) is 6. The van der Waals surface area contributed by atoms with Gasteiger partial charge < -0.3 is 19.7 Å². The Kier molecular flexibility index (Phi) is 6.07. The highest BCUT2D eigenvalue weighted by molar-refractivity contribution is 6.02. The molecule has 1 aliphatic rings. The number of Topliss-reactive ketones (excluding diaryl/α,β-unsaturated/α-hetero) is 1. The number of carboxylic acid groups (broad SMARTS) is 1. The Morgan fingerprint density at radius 1 is 1.17 bits per heavy atom. The monoisotopic (exact) mass is 412 g/mol. The number of hydrogen-bond donors (Lipinski definition) is 2. The summed E-state index contributed by atoms with van der Waals surface area (Å²) in [4.78, 5) is 45.7. The van der Waals surface area contributed by atoms with Gasteiger partial charge in [-0.25, -0.2) is 9.59 Å². The van der Waals surface area contributed by atoms with Crippen molar-refractivity contribution in [3.8, 4) is 0 Å². The molecule has 0 amide bonds. The SMILES string of the molecule is CCOC(=O)c1c(C)[nH]c(C(=O)CN2OC(C)=C(C(=O)O)C2c2ccccc2)c1C. The third kappa shape index (κ3) is 3.86. The first kappa shape index (κ1) is 21.3. The smallest absolute Gasteiger partial charge is 0.340 e. The second-order valence-electron chi connectivity index (χ2n) is 7.02. The quantitative estimate of drug-likeness (QED) is 0.530. The summed E-state index contributed by atoms with van der Waals surface area (Å²) in [5.41, 5.74) is 2.42. The molecule has 1 aliphatic heterocycles. The molecule has 1 aromatic carbocycles. The number of benzene rings is 1. The normalized spacial score (nSPS) is 16.5. The van der Waals surface area contributed by atoms with Crippen LogP contribution in [-0.4, -0.2) is 46.0 Å². The van der Waals surface area contributed by atoms with Gasteiger partial charge in [-0.2, -0.15) is 0 Å². The molecule has 0 fully saturated rings. The summed E-state index contributed by atoms with van der Waals surface area (Å²) < 4.78 is 5.07. The second-order valence-corrected chi connectivity index (χ2v) is 7.02. The number of aliphatic carboxylic acids is 1. The number of aromatic nitrogens is 1. The lowest BCUT2D eigenvalue weighted by atomic mass is 9.98. The number of carbonyl (C=O) groups is 3. The minimum atomic E-state index is -1.10. The predicted molar refractivity (Wildman–Crippen MR) is 108 cm³/mol. The Bertz CT molecular complexity index is 1020. The van der Waals surface area contributed by atoms with Crippen LogP contribution in [0, 0.1) is 13.8 Å². The van der Waals surface area contributed by atoms with E-state index >= 15 is 0 Å². The number of carboxylic acids is 1. The molecule has 0 bridgehead atoms. The molecule has 2 aromatic rings. The van der Waals surface area contributed by atoms with Gasteiger partial charge in [-0.1, -0.05) is 30.3 Å². The van der Waals surface area contributed by atoms with E-state index in [-0.39, 0.29) is 36.0 Å². The lowest BCUT2D eigenvalue weighted by Crippen LogP contribution is -2.31. The maximum atomic E-state index is 13.1. The minimum absolute atomic E-state index is 0.0839. The van der Waals surface area contributed by atoms with E-state index in [0.29, 0.717) is 22.4 Å². The van der Waals surface area contributed by atoms with Crippen molar-refractivity contribution in [1.29, 1.82) is 0 Å². The van der Waals surface area contributed by atoms with Crippen molar-refractivity contribution in [3.05, 3.63) is 69.7 Å². The van der Waals surface area contributed by atoms with Crippen LogP contribution in [0.5, 0.6) is 0 Å². The van der Waals surface area contributed by atoms with Crippen LogP contribution in [-0.2, 0) is 14.4 Å². The third-order valence-corrected chi connectivity index (χ3v) is 5.04. The molecule has 2 heterocycles. The first-order valence-corrected chi connectivity index (χ1v) is 9.59. The molecule has 1 atom stereocenters. The Morgan fingerprint density at radius 3 is 2.43 bits per heavy atom. The number of hydroxylamine groups is 2. The molecule has 8 heteroatoms. The molecule has 0 saturated heterocycles. The average molecular weight is 412 g/mol. The van der Waals surface area contributed by atoms with Gasteiger partial charge in [0.2, 0.25) is 0 Å². The van der Waals surface area contributed by atoms with Crippen LogP contribution in [0.2, 0.25) is 0 Å². The zero-order valence-electron chi connectivity index (χ0n) is 17.3. The number of esters is 1. The fraction of sp³-hybridized carbons (Fsp3) is 0.318. The molecule has 3 rings (SSSR count). The molecule has 2 N–H and O–H groups in total. The Labute approximate surface area is 174 Å². The second kappa shape index (κ2) is 8.54. The average Bonchev–Trinajstić information content (AvgIpc) is 3.18. The number of nitrogens with one attached hydrogen (secondary N) is 1. The van der Waals surface area contributed by atoms with Crippen LogP contribution < -0.4 is 0 Å². The number of H-pyrrole nitrogens is 1. The van der Waals surface area contributed by atoms with Crippen molar-refractivity contribution in [2.45, 2.75) is 33.7 Å². The first-order chi connectivity index (χ1) is 14.3. The van der Waals surface area contributed by atoms with Crippen molar-refractivity contribution in [2.75, 3.05) is 13.2 Å². The molecule has 0 radical (unpaired) electrons. The van der Waals surface area contributed by atoms with Gasteiger partial charge in [-0.15, -0.1) is 5.06 Å². The number of carbonyl (C=O) groups excluding carboxylic acids is 2. The van der Waals surface area contributed by atoms with Gasteiger partial charge >= 0.3 is 11.9 Å². The molecule has 158 valence electrons. The third-order valence-electron chi connectivity index (χ3n) is 5.04. The number of aryl methyl sites for hydroxylation is 1. The van der Waals surface area contributed by atoms with Crippen molar-refractivity contribution in [3.63, 3.8) is 0 Å². The Balaban J connectivity index is 1.91. The molecule has 30 heavy (non-hydrogen) atoms. The van der Waals surface area contributed by atoms with Crippen LogP contribution in [0.25, 0.3) is 0 Å². The number of aromatic amines is 1. The van der Waals surface area contributed by atoms with Gasteiger partial charge in [-0.3, -0.25) is 4.79 Å². The first-order valence-electron chi connectivity index (χ1n) is 9.59. The highest BCUT2D eigenvalue weighted by Crippen LogP contribution is 2.38. The van der Waals surface area contributed by atoms with Gasteiger partial charge in [-0.05, 0) is 38.8 Å². The maximum absolute atomic E-state index is 13.1. The standard InChI is InChI=1S/C22H24N2O6/c1-5-29-22(28)17-12(2)19(23-13(17)3)16(25)11-24-20(15-9-7-6-8-10-15)18(21(26)27)14(4)30-24/h6-10,20,23H,5,11H2,1-4H3,(H,26,27). The van der Waals surface area contributed by atoms with Crippen molar-refractivity contribution in [1.82, 2.24) is 10.0 Å². The number of nitrogens with zero attached hydrogens (tertiary/aromatic N) is 1. The van der Waals surface area contributed by atoms with Crippen LogP contribution in [0.4, 0.5) is 0 Å². The summed E-state index contributed by atoms with van der Waals surface area (Å²) in [6.07, 6.45) is 0. The summed E-state index contributed by atoms with van der Waals surface area (Å²) >= 11 is 0. The van der Waals surface area contributed by atoms with Gasteiger partial charge in [0.15, 0.2) is 5.78 Å². The highest BCUT2D eigenvalue weighted by Gasteiger charge is 2.40. The van der Waals surface area contributed by atoms with E-state index in [4.69, 9.17) is 9.57 Å². The van der Waals surface area contributed by atoms with Gasteiger partial charge in [0, 0.05) is 5.69 Å². The number of ether oxygens (including phenoxy) is 1. The molecule has 0 aliphatic carbocycles. The van der Waals surface area contributed by atoms with E-state index in [1.54, 1.807) is 52.0 Å². The lowest BCUT2D eigenvalue weighted by molar-refractivity contribution is -0.134. The van der Waals surface area contributed by atoms with E-state index in [0.717, 1.165) is 0 Å². The maximum Gasteiger partial charge on any atom is 0.340 e. The van der Waals surface area contributed by atoms with E-state index in [1.807, 2.05) is 6.07 Å². The van der Waals surface area contributed by atoms with Crippen LogP contribution in [0.3, 0.4) is 0 Å². The van der Waals surface area contributed by atoms with Gasteiger partial charge in [0.05, 0.1) is 17.9 Å².